The van der Waals surface area contributed by atoms with Gasteiger partial charge in [0.25, 0.3) is 5.91 Å². The van der Waals surface area contributed by atoms with E-state index in [4.69, 9.17) is 4.74 Å². The summed E-state index contributed by atoms with van der Waals surface area (Å²) in [6, 6.07) is 19.2. The highest BCUT2D eigenvalue weighted by molar-refractivity contribution is 5.96. The lowest BCUT2D eigenvalue weighted by Gasteiger charge is -2.13. The van der Waals surface area contributed by atoms with Crippen molar-refractivity contribution in [1.29, 1.82) is 0 Å². The molecule has 0 aliphatic heterocycles. The molecule has 0 aliphatic carbocycles. The fraction of sp³-hybridized carbons (Fsp3) is 0.250. The summed E-state index contributed by atoms with van der Waals surface area (Å²) in [5.74, 6) is -0.590. The van der Waals surface area contributed by atoms with E-state index >= 15 is 0 Å². The van der Waals surface area contributed by atoms with E-state index in [-0.39, 0.29) is 18.4 Å². The van der Waals surface area contributed by atoms with Crippen LogP contribution in [0.3, 0.4) is 0 Å². The molecule has 5 heteroatoms. The summed E-state index contributed by atoms with van der Waals surface area (Å²) in [5.41, 5.74) is 4.93. The van der Waals surface area contributed by atoms with Crippen molar-refractivity contribution in [2.75, 3.05) is 11.9 Å². The zero-order valence-electron chi connectivity index (χ0n) is 17.2. The summed E-state index contributed by atoms with van der Waals surface area (Å²) >= 11 is 0. The summed E-state index contributed by atoms with van der Waals surface area (Å²) in [7, 11) is 0. The van der Waals surface area contributed by atoms with Crippen LogP contribution < -0.4 is 5.32 Å². The molecule has 0 saturated heterocycles. The number of esters is 1. The molecule has 1 heterocycles. The molecule has 0 aliphatic rings. The minimum Gasteiger partial charge on any atom is -0.452 e. The van der Waals surface area contributed by atoms with Crippen molar-refractivity contribution in [1.82, 2.24) is 4.57 Å². The van der Waals surface area contributed by atoms with Gasteiger partial charge in [-0.3, -0.25) is 4.79 Å². The zero-order chi connectivity index (χ0) is 21.0. The van der Waals surface area contributed by atoms with Crippen molar-refractivity contribution in [3.63, 3.8) is 0 Å². The van der Waals surface area contributed by atoms with Crippen LogP contribution in [-0.2, 0) is 9.53 Å². The Kier molecular flexibility index (Phi) is 6.17. The summed E-state index contributed by atoms with van der Waals surface area (Å²) in [6.07, 6.45) is 0. The number of para-hydroxylation sites is 2. The van der Waals surface area contributed by atoms with Crippen LogP contribution >= 0.6 is 0 Å². The van der Waals surface area contributed by atoms with Crippen LogP contribution in [0.5, 0.6) is 0 Å². The SMILES string of the molecule is Cc1cc(C(=O)OCC(=O)Nc2ccccc2C(C)C)c(C)n1-c1ccccc1. The Morgan fingerprint density at radius 1 is 1.00 bits per heavy atom. The van der Waals surface area contributed by atoms with E-state index in [1.807, 2.05) is 73.0 Å². The fourth-order valence-corrected chi connectivity index (χ4v) is 3.45. The average molecular weight is 390 g/mol. The van der Waals surface area contributed by atoms with Gasteiger partial charge >= 0.3 is 5.97 Å². The Morgan fingerprint density at radius 3 is 2.34 bits per heavy atom. The van der Waals surface area contributed by atoms with Crippen molar-refractivity contribution in [2.45, 2.75) is 33.6 Å². The van der Waals surface area contributed by atoms with Crippen LogP contribution in [0.2, 0.25) is 0 Å². The molecular formula is C24H26N2O3. The average Bonchev–Trinajstić information content (AvgIpc) is 3.01. The minimum atomic E-state index is -0.507. The summed E-state index contributed by atoms with van der Waals surface area (Å²) < 4.78 is 7.28. The number of anilines is 1. The lowest BCUT2D eigenvalue weighted by Crippen LogP contribution is -2.22. The van der Waals surface area contributed by atoms with E-state index in [2.05, 4.69) is 19.2 Å². The highest BCUT2D eigenvalue weighted by Gasteiger charge is 2.19. The van der Waals surface area contributed by atoms with Gasteiger partial charge in [0.2, 0.25) is 0 Å². The number of carbonyl (C=O) groups is 2. The number of benzene rings is 2. The monoisotopic (exact) mass is 390 g/mol. The molecule has 150 valence electrons. The standard InChI is InChI=1S/C24H26N2O3/c1-16(2)20-12-8-9-13-22(20)25-23(27)15-29-24(28)21-14-17(3)26(18(21)4)19-10-6-5-7-11-19/h5-14,16H,15H2,1-4H3,(H,25,27). The van der Waals surface area contributed by atoms with Gasteiger partial charge in [-0.2, -0.15) is 0 Å². The van der Waals surface area contributed by atoms with Crippen LogP contribution in [0.1, 0.15) is 47.1 Å². The van der Waals surface area contributed by atoms with Crippen LogP contribution in [0.15, 0.2) is 60.7 Å². The molecule has 29 heavy (non-hydrogen) atoms. The third kappa shape index (κ3) is 4.57. The van der Waals surface area contributed by atoms with Crippen molar-refractivity contribution in [2.24, 2.45) is 0 Å². The molecule has 0 saturated carbocycles. The molecule has 1 N–H and O–H groups in total. The lowest BCUT2D eigenvalue weighted by molar-refractivity contribution is -0.119. The Labute approximate surface area is 171 Å². The Bertz CT molecular complexity index is 1020. The molecule has 0 atom stereocenters. The number of rotatable bonds is 6. The number of aryl methyl sites for hydroxylation is 1. The maximum atomic E-state index is 12.6. The Hall–Kier alpha value is -3.34. The summed E-state index contributed by atoms with van der Waals surface area (Å²) in [5, 5.41) is 2.83. The van der Waals surface area contributed by atoms with Crippen LogP contribution in [0.25, 0.3) is 5.69 Å². The number of amides is 1. The van der Waals surface area contributed by atoms with Gasteiger partial charge in [-0.1, -0.05) is 50.2 Å². The molecule has 3 aromatic rings. The van der Waals surface area contributed by atoms with Crippen molar-refractivity contribution in [3.8, 4) is 5.69 Å². The van der Waals surface area contributed by atoms with Crippen LogP contribution in [0.4, 0.5) is 5.69 Å². The Balaban J connectivity index is 1.68. The molecule has 0 fully saturated rings. The number of hydrogen-bond acceptors (Lipinski definition) is 3. The van der Waals surface area contributed by atoms with Crippen molar-refractivity contribution < 1.29 is 14.3 Å². The first-order chi connectivity index (χ1) is 13.9. The molecule has 1 aromatic heterocycles. The quantitative estimate of drug-likeness (QED) is 0.602. The topological polar surface area (TPSA) is 60.3 Å². The summed E-state index contributed by atoms with van der Waals surface area (Å²) in [4.78, 5) is 24.9. The van der Waals surface area contributed by atoms with Gasteiger partial charge in [-0.15, -0.1) is 0 Å². The largest absolute Gasteiger partial charge is 0.452 e. The van der Waals surface area contributed by atoms with E-state index in [0.717, 1.165) is 28.3 Å². The van der Waals surface area contributed by atoms with Gasteiger partial charge in [0.1, 0.15) is 0 Å². The number of aromatic nitrogens is 1. The van der Waals surface area contributed by atoms with Gasteiger partial charge in [0.05, 0.1) is 5.56 Å². The third-order valence-electron chi connectivity index (χ3n) is 4.86. The molecule has 0 bridgehead atoms. The predicted octanol–water partition coefficient (Wildman–Crippen LogP) is 5.01. The third-order valence-corrected chi connectivity index (χ3v) is 4.86. The second kappa shape index (κ2) is 8.78. The molecule has 1 amide bonds. The summed E-state index contributed by atoms with van der Waals surface area (Å²) in [6.45, 7) is 7.60. The van der Waals surface area contributed by atoms with Gasteiger partial charge in [-0.05, 0) is 49.6 Å². The fourth-order valence-electron chi connectivity index (χ4n) is 3.45. The molecule has 3 rings (SSSR count). The lowest BCUT2D eigenvalue weighted by atomic mass is 10.0. The predicted molar refractivity (Wildman–Crippen MR) is 115 cm³/mol. The molecule has 0 radical (unpaired) electrons. The second-order valence-electron chi connectivity index (χ2n) is 7.32. The highest BCUT2D eigenvalue weighted by Crippen LogP contribution is 2.24. The molecular weight excluding hydrogens is 364 g/mol. The van der Waals surface area contributed by atoms with Gasteiger partial charge in [-0.25, -0.2) is 4.79 Å². The maximum absolute atomic E-state index is 12.6. The zero-order valence-corrected chi connectivity index (χ0v) is 17.2. The van der Waals surface area contributed by atoms with E-state index in [9.17, 15) is 9.59 Å². The molecule has 0 unspecified atom stereocenters. The first-order valence-electron chi connectivity index (χ1n) is 9.68. The van der Waals surface area contributed by atoms with E-state index in [1.54, 1.807) is 6.07 Å². The first kappa shape index (κ1) is 20.4. The van der Waals surface area contributed by atoms with Crippen molar-refractivity contribution in [3.05, 3.63) is 83.2 Å². The number of nitrogens with zero attached hydrogens (tertiary/aromatic N) is 1. The minimum absolute atomic E-state index is 0.275. The molecule has 5 nitrogen and oxygen atoms in total. The second-order valence-corrected chi connectivity index (χ2v) is 7.32. The number of nitrogens with one attached hydrogen (secondary N) is 1. The van der Waals surface area contributed by atoms with Gasteiger partial charge < -0.3 is 14.6 Å². The van der Waals surface area contributed by atoms with Gasteiger partial charge in [0.15, 0.2) is 6.61 Å². The van der Waals surface area contributed by atoms with Crippen LogP contribution in [-0.4, -0.2) is 23.1 Å². The number of carbonyl (C=O) groups excluding carboxylic acids is 2. The van der Waals surface area contributed by atoms with Crippen molar-refractivity contribution >= 4 is 17.6 Å². The van der Waals surface area contributed by atoms with E-state index in [0.29, 0.717) is 5.56 Å². The maximum Gasteiger partial charge on any atom is 0.340 e. The Morgan fingerprint density at radius 2 is 1.66 bits per heavy atom. The smallest absolute Gasteiger partial charge is 0.340 e. The van der Waals surface area contributed by atoms with E-state index in [1.165, 1.54) is 0 Å². The number of ether oxygens (including phenoxy) is 1. The number of hydrogen-bond donors (Lipinski definition) is 1. The normalized spacial score (nSPS) is 10.8. The van der Waals surface area contributed by atoms with Gasteiger partial charge in [0, 0.05) is 22.8 Å². The highest BCUT2D eigenvalue weighted by atomic mass is 16.5. The first-order valence-corrected chi connectivity index (χ1v) is 9.68. The molecule has 0 spiro atoms. The molecule has 2 aromatic carbocycles. The van der Waals surface area contributed by atoms with E-state index < -0.39 is 5.97 Å². The van der Waals surface area contributed by atoms with Crippen LogP contribution in [0, 0.1) is 13.8 Å².